The summed E-state index contributed by atoms with van der Waals surface area (Å²) in [5, 5.41) is 0.241. The van der Waals surface area contributed by atoms with Crippen LogP contribution in [0.15, 0.2) is 23.1 Å². The van der Waals surface area contributed by atoms with Crippen LogP contribution in [0.2, 0.25) is 5.02 Å². The summed E-state index contributed by atoms with van der Waals surface area (Å²) in [5.74, 6) is 0.498. The molecule has 5 nitrogen and oxygen atoms in total. The lowest BCUT2D eigenvalue weighted by Gasteiger charge is -2.23. The van der Waals surface area contributed by atoms with E-state index in [1.165, 1.54) is 26.0 Å². The van der Waals surface area contributed by atoms with Crippen LogP contribution in [0.1, 0.15) is 19.3 Å². The quantitative estimate of drug-likeness (QED) is 0.840. The Kier molecular flexibility index (Phi) is 4.64. The number of ether oxygens (including phenoxy) is 1. The summed E-state index contributed by atoms with van der Waals surface area (Å²) in [6.45, 7) is 3.27. The number of methoxy groups -OCH3 is 1. The van der Waals surface area contributed by atoms with Gasteiger partial charge in [-0.2, -0.15) is 4.31 Å². The molecular formula is C15H21ClN2O3S. The second kappa shape index (κ2) is 6.35. The van der Waals surface area contributed by atoms with Crippen LogP contribution in [-0.2, 0) is 10.0 Å². The minimum Gasteiger partial charge on any atom is -0.497 e. The van der Waals surface area contributed by atoms with Gasteiger partial charge in [0.1, 0.15) is 10.6 Å². The highest BCUT2D eigenvalue weighted by molar-refractivity contribution is 7.89. The third-order valence-corrected chi connectivity index (χ3v) is 6.89. The van der Waals surface area contributed by atoms with Crippen molar-refractivity contribution < 1.29 is 13.2 Å². The number of hydrogen-bond donors (Lipinski definition) is 0. The average Bonchev–Trinajstić information content (AvgIpc) is 3.18. The van der Waals surface area contributed by atoms with Crippen molar-refractivity contribution in [2.24, 2.45) is 0 Å². The molecule has 7 heteroatoms. The average molecular weight is 345 g/mol. The second-order valence-corrected chi connectivity index (χ2v) is 8.16. The van der Waals surface area contributed by atoms with E-state index < -0.39 is 10.0 Å². The Balaban J connectivity index is 1.81. The van der Waals surface area contributed by atoms with Crippen molar-refractivity contribution in [2.45, 2.75) is 30.2 Å². The Hall–Kier alpha value is -0.820. The van der Waals surface area contributed by atoms with E-state index in [9.17, 15) is 8.42 Å². The fourth-order valence-corrected chi connectivity index (χ4v) is 5.26. The van der Waals surface area contributed by atoms with Crippen LogP contribution >= 0.6 is 11.6 Å². The van der Waals surface area contributed by atoms with E-state index in [2.05, 4.69) is 4.90 Å². The first kappa shape index (κ1) is 16.1. The van der Waals surface area contributed by atoms with Crippen molar-refractivity contribution >= 4 is 21.6 Å². The van der Waals surface area contributed by atoms with E-state index >= 15 is 0 Å². The Bertz CT molecular complexity index is 644. The van der Waals surface area contributed by atoms with Gasteiger partial charge in [-0.05, 0) is 44.5 Å². The number of benzene rings is 1. The summed E-state index contributed by atoms with van der Waals surface area (Å²) in [4.78, 5) is 2.54. The number of halogens is 1. The summed E-state index contributed by atoms with van der Waals surface area (Å²) in [7, 11) is -2.06. The molecule has 0 radical (unpaired) electrons. The molecule has 2 aliphatic rings. The van der Waals surface area contributed by atoms with Crippen LogP contribution in [0.25, 0.3) is 0 Å². The molecule has 22 heavy (non-hydrogen) atoms. The van der Waals surface area contributed by atoms with Crippen LogP contribution in [-0.4, -0.2) is 57.0 Å². The van der Waals surface area contributed by atoms with E-state index in [0.717, 1.165) is 19.5 Å². The van der Waals surface area contributed by atoms with E-state index in [-0.39, 0.29) is 9.92 Å². The van der Waals surface area contributed by atoms with Crippen molar-refractivity contribution in [2.75, 3.05) is 33.3 Å². The van der Waals surface area contributed by atoms with Gasteiger partial charge in [0.15, 0.2) is 0 Å². The summed E-state index contributed by atoms with van der Waals surface area (Å²) >= 11 is 6.11. The highest BCUT2D eigenvalue weighted by Gasteiger charge is 2.36. The smallest absolute Gasteiger partial charge is 0.244 e. The van der Waals surface area contributed by atoms with Crippen molar-refractivity contribution in [3.8, 4) is 5.75 Å². The van der Waals surface area contributed by atoms with E-state index in [1.807, 2.05) is 0 Å². The van der Waals surface area contributed by atoms with Crippen molar-refractivity contribution in [3.05, 3.63) is 23.2 Å². The number of hydrogen-bond acceptors (Lipinski definition) is 4. The molecule has 2 fully saturated rings. The van der Waals surface area contributed by atoms with Gasteiger partial charge in [-0.1, -0.05) is 11.6 Å². The molecule has 1 aromatic carbocycles. The molecule has 0 unspecified atom stereocenters. The predicted octanol–water partition coefficient (Wildman–Crippen LogP) is 2.21. The molecule has 0 aromatic heterocycles. The van der Waals surface area contributed by atoms with Gasteiger partial charge in [0, 0.05) is 25.2 Å². The number of nitrogens with zero attached hydrogens (tertiary/aromatic N) is 2. The lowest BCUT2D eigenvalue weighted by molar-refractivity contribution is 0.251. The summed E-state index contributed by atoms with van der Waals surface area (Å²) < 4.78 is 32.4. The van der Waals surface area contributed by atoms with Gasteiger partial charge in [0.05, 0.1) is 12.1 Å². The third kappa shape index (κ3) is 2.97. The maximum atomic E-state index is 12.9. The normalized spacial score (nSPS) is 24.0. The van der Waals surface area contributed by atoms with E-state index in [4.69, 9.17) is 16.3 Å². The number of rotatable bonds is 4. The zero-order valence-electron chi connectivity index (χ0n) is 12.7. The zero-order valence-corrected chi connectivity index (χ0v) is 14.2. The summed E-state index contributed by atoms with van der Waals surface area (Å²) in [6, 6.07) is 5.07. The number of likely N-dealkylation sites (tertiary alicyclic amines) is 1. The van der Waals surface area contributed by atoms with Crippen molar-refractivity contribution in [1.82, 2.24) is 9.21 Å². The fraction of sp³-hybridized carbons (Fsp3) is 0.600. The first-order chi connectivity index (χ1) is 10.5. The molecule has 122 valence electrons. The zero-order chi connectivity index (χ0) is 15.7. The highest BCUT2D eigenvalue weighted by Crippen LogP contribution is 2.31. The summed E-state index contributed by atoms with van der Waals surface area (Å²) in [6.07, 6.45) is 3.32. The minimum absolute atomic E-state index is 0.135. The van der Waals surface area contributed by atoms with Gasteiger partial charge < -0.3 is 4.74 Å². The SMILES string of the molecule is COc1ccc(Cl)c(S(=O)(=O)N2CC[C@@H](N3CCCC3)C2)c1. The molecule has 0 saturated carbocycles. The van der Waals surface area contributed by atoms with Gasteiger partial charge in [-0.15, -0.1) is 0 Å². The van der Waals surface area contributed by atoms with Crippen molar-refractivity contribution in [1.29, 1.82) is 0 Å². The highest BCUT2D eigenvalue weighted by atomic mass is 35.5. The van der Waals surface area contributed by atoms with E-state index in [0.29, 0.717) is 24.9 Å². The van der Waals surface area contributed by atoms with Crippen LogP contribution in [0, 0.1) is 0 Å². The molecule has 2 heterocycles. The van der Waals surface area contributed by atoms with Gasteiger partial charge >= 0.3 is 0 Å². The van der Waals surface area contributed by atoms with Gasteiger partial charge in [-0.3, -0.25) is 4.90 Å². The standard InChI is InChI=1S/C15H21ClN2O3S/c1-21-13-4-5-14(16)15(10-13)22(19,20)18-9-6-12(11-18)17-7-2-3-8-17/h4-5,10,12H,2-3,6-9,11H2,1H3/t12-/m1/s1. The maximum Gasteiger partial charge on any atom is 0.244 e. The Labute approximate surface area is 136 Å². The largest absolute Gasteiger partial charge is 0.497 e. The predicted molar refractivity (Wildman–Crippen MR) is 86.0 cm³/mol. The lowest BCUT2D eigenvalue weighted by Crippen LogP contribution is -2.37. The molecule has 0 spiro atoms. The summed E-state index contributed by atoms with van der Waals surface area (Å²) in [5.41, 5.74) is 0. The van der Waals surface area contributed by atoms with Crippen LogP contribution in [0.5, 0.6) is 5.75 Å². The molecule has 3 rings (SSSR count). The van der Waals surface area contributed by atoms with Crippen molar-refractivity contribution in [3.63, 3.8) is 0 Å². The van der Waals surface area contributed by atoms with Crippen LogP contribution < -0.4 is 4.74 Å². The maximum absolute atomic E-state index is 12.9. The molecule has 1 aromatic rings. The first-order valence-corrected chi connectivity index (χ1v) is 9.42. The molecule has 1 atom stereocenters. The van der Waals surface area contributed by atoms with Crippen LogP contribution in [0.4, 0.5) is 0 Å². The molecule has 0 bridgehead atoms. The van der Waals surface area contributed by atoms with E-state index in [1.54, 1.807) is 16.4 Å². The second-order valence-electron chi connectivity index (χ2n) is 5.84. The fourth-order valence-electron chi connectivity index (χ4n) is 3.28. The van der Waals surface area contributed by atoms with Crippen LogP contribution in [0.3, 0.4) is 0 Å². The minimum atomic E-state index is -3.57. The first-order valence-electron chi connectivity index (χ1n) is 7.60. The Morgan fingerprint density at radius 3 is 2.64 bits per heavy atom. The molecule has 2 aliphatic heterocycles. The number of sulfonamides is 1. The topological polar surface area (TPSA) is 49.9 Å². The Morgan fingerprint density at radius 2 is 1.95 bits per heavy atom. The van der Waals surface area contributed by atoms with Gasteiger partial charge in [0.2, 0.25) is 10.0 Å². The molecule has 2 saturated heterocycles. The molecule has 0 aliphatic carbocycles. The van der Waals surface area contributed by atoms with Gasteiger partial charge in [0.25, 0.3) is 0 Å². The Morgan fingerprint density at radius 1 is 1.23 bits per heavy atom. The third-order valence-electron chi connectivity index (χ3n) is 4.54. The molecular weight excluding hydrogens is 324 g/mol. The monoisotopic (exact) mass is 344 g/mol. The van der Waals surface area contributed by atoms with Gasteiger partial charge in [-0.25, -0.2) is 8.42 Å². The molecule has 0 N–H and O–H groups in total. The lowest BCUT2D eigenvalue weighted by atomic mass is 10.2. The molecule has 0 amide bonds.